The normalized spacial score (nSPS) is 11.8. The van der Waals surface area contributed by atoms with Crippen LogP contribution in [0.2, 0.25) is 0 Å². The average molecular weight is 267 g/mol. The van der Waals surface area contributed by atoms with Gasteiger partial charge in [-0.25, -0.2) is 0 Å². The van der Waals surface area contributed by atoms with Crippen LogP contribution in [0.15, 0.2) is 18.2 Å². The molecule has 5 heteroatoms. The van der Waals surface area contributed by atoms with Gasteiger partial charge in [-0.05, 0) is 31.2 Å². The summed E-state index contributed by atoms with van der Waals surface area (Å²) in [6.07, 6.45) is 0.929. The van der Waals surface area contributed by atoms with Gasteiger partial charge in [-0.3, -0.25) is 4.79 Å². The van der Waals surface area contributed by atoms with E-state index in [1.807, 2.05) is 18.2 Å². The summed E-state index contributed by atoms with van der Waals surface area (Å²) in [6.45, 7) is 2.26. The number of nitrogens with one attached hydrogen (secondary N) is 1. The first-order valence-corrected chi connectivity index (χ1v) is 6.21. The van der Waals surface area contributed by atoms with Crippen LogP contribution < -0.4 is 14.8 Å². The molecular formula is C14H21NO4. The Morgan fingerprint density at radius 1 is 1.32 bits per heavy atom. The number of rotatable bonds is 7. The molecule has 0 heterocycles. The van der Waals surface area contributed by atoms with Gasteiger partial charge in [-0.2, -0.15) is 0 Å². The molecule has 0 saturated heterocycles. The van der Waals surface area contributed by atoms with Gasteiger partial charge in [0, 0.05) is 0 Å². The molecule has 0 amide bonds. The first-order valence-electron chi connectivity index (χ1n) is 6.21. The Morgan fingerprint density at radius 2 is 2.05 bits per heavy atom. The number of hydrogen-bond donors (Lipinski definition) is 1. The zero-order valence-corrected chi connectivity index (χ0v) is 11.9. The van der Waals surface area contributed by atoms with Crippen molar-refractivity contribution in [1.29, 1.82) is 0 Å². The highest BCUT2D eigenvalue weighted by molar-refractivity contribution is 5.75. The number of esters is 1. The number of carbonyl (C=O) groups is 1. The van der Waals surface area contributed by atoms with Crippen molar-refractivity contribution in [2.24, 2.45) is 0 Å². The molecule has 0 aliphatic rings. The quantitative estimate of drug-likeness (QED) is 0.757. The molecule has 0 aliphatic heterocycles. The molecule has 1 N–H and O–H groups in total. The van der Waals surface area contributed by atoms with Crippen molar-refractivity contribution in [2.45, 2.75) is 19.4 Å². The summed E-state index contributed by atoms with van der Waals surface area (Å²) in [7, 11) is 4.63. The van der Waals surface area contributed by atoms with Gasteiger partial charge >= 0.3 is 5.97 Å². The van der Waals surface area contributed by atoms with Crippen LogP contribution in [-0.4, -0.2) is 39.9 Å². The Kier molecular flexibility index (Phi) is 6.15. The molecule has 0 fully saturated rings. The van der Waals surface area contributed by atoms with Gasteiger partial charge in [0.1, 0.15) is 12.6 Å². The minimum atomic E-state index is -0.499. The van der Waals surface area contributed by atoms with Gasteiger partial charge in [0.15, 0.2) is 11.5 Å². The average Bonchev–Trinajstić information content (AvgIpc) is 2.47. The van der Waals surface area contributed by atoms with E-state index in [1.54, 1.807) is 14.2 Å². The van der Waals surface area contributed by atoms with Crippen LogP contribution >= 0.6 is 0 Å². The Labute approximate surface area is 113 Å². The third kappa shape index (κ3) is 4.13. The molecule has 106 valence electrons. The van der Waals surface area contributed by atoms with Gasteiger partial charge in [0.2, 0.25) is 0 Å². The van der Waals surface area contributed by atoms with Crippen molar-refractivity contribution in [2.75, 3.05) is 27.9 Å². The molecule has 5 nitrogen and oxygen atoms in total. The summed E-state index contributed by atoms with van der Waals surface area (Å²) in [4.78, 5) is 11.4. The highest BCUT2D eigenvalue weighted by atomic mass is 16.5. The molecule has 1 aromatic rings. The van der Waals surface area contributed by atoms with Crippen molar-refractivity contribution in [1.82, 2.24) is 5.32 Å². The largest absolute Gasteiger partial charge is 0.493 e. The summed E-state index contributed by atoms with van der Waals surface area (Å²) in [5, 5.41) is 2.84. The minimum Gasteiger partial charge on any atom is -0.493 e. The molecule has 1 rings (SSSR count). The number of likely N-dealkylation sites (N-methyl/N-ethyl adjacent to an activating group) is 1. The first kappa shape index (κ1) is 15.3. The van der Waals surface area contributed by atoms with Crippen LogP contribution in [0.1, 0.15) is 12.5 Å². The van der Waals surface area contributed by atoms with E-state index in [2.05, 4.69) is 17.0 Å². The third-order valence-electron chi connectivity index (χ3n) is 2.88. The van der Waals surface area contributed by atoms with Crippen LogP contribution in [0, 0.1) is 0 Å². The maximum absolute atomic E-state index is 11.4. The molecule has 0 aliphatic carbocycles. The lowest BCUT2D eigenvalue weighted by atomic mass is 10.1. The monoisotopic (exact) mass is 267 g/mol. The Hall–Kier alpha value is -1.75. The fourth-order valence-corrected chi connectivity index (χ4v) is 1.64. The number of carbonyl (C=O) groups excluding carboxylic acids is 1. The third-order valence-corrected chi connectivity index (χ3v) is 2.88. The molecule has 1 unspecified atom stereocenters. The predicted octanol–water partition coefficient (Wildman–Crippen LogP) is 1.40. The molecule has 0 radical (unpaired) electrons. The molecule has 0 bridgehead atoms. The highest BCUT2D eigenvalue weighted by Crippen LogP contribution is 2.28. The Morgan fingerprint density at radius 3 is 2.58 bits per heavy atom. The van der Waals surface area contributed by atoms with E-state index < -0.39 is 6.04 Å². The fraction of sp³-hybridized carbons (Fsp3) is 0.500. The van der Waals surface area contributed by atoms with Gasteiger partial charge in [0.05, 0.1) is 14.2 Å². The maximum Gasteiger partial charge on any atom is 0.326 e. The topological polar surface area (TPSA) is 56.8 Å². The van der Waals surface area contributed by atoms with Gasteiger partial charge in [0.25, 0.3) is 0 Å². The van der Waals surface area contributed by atoms with Crippen molar-refractivity contribution in [3.05, 3.63) is 23.8 Å². The smallest absolute Gasteiger partial charge is 0.326 e. The molecular weight excluding hydrogens is 246 g/mol. The van der Waals surface area contributed by atoms with Crippen molar-refractivity contribution in [3.8, 4) is 11.5 Å². The molecule has 0 aromatic heterocycles. The Bertz CT molecular complexity index is 420. The molecule has 0 spiro atoms. The lowest BCUT2D eigenvalue weighted by Crippen LogP contribution is -2.40. The van der Waals surface area contributed by atoms with Crippen LogP contribution in [-0.2, 0) is 16.0 Å². The van der Waals surface area contributed by atoms with E-state index in [1.165, 1.54) is 12.7 Å². The fourth-order valence-electron chi connectivity index (χ4n) is 1.64. The number of methoxy groups -OCH3 is 2. The van der Waals surface area contributed by atoms with Crippen molar-refractivity contribution < 1.29 is 19.0 Å². The summed E-state index contributed by atoms with van der Waals surface area (Å²) in [5.41, 5.74) is 1.17. The first-order chi connectivity index (χ1) is 9.15. The van der Waals surface area contributed by atoms with E-state index in [-0.39, 0.29) is 12.6 Å². The summed E-state index contributed by atoms with van der Waals surface area (Å²) in [6, 6.07) is 5.26. The standard InChI is InChI=1S/C14H21NO4/c1-5-10-6-7-12(13(8-10)17-3)19-9-11(15-2)14(16)18-4/h6-8,11,15H,5,9H2,1-4H3. The van der Waals surface area contributed by atoms with Gasteiger partial charge < -0.3 is 19.5 Å². The van der Waals surface area contributed by atoms with Gasteiger partial charge in [-0.1, -0.05) is 13.0 Å². The summed E-state index contributed by atoms with van der Waals surface area (Å²) < 4.78 is 15.6. The number of ether oxygens (including phenoxy) is 3. The predicted molar refractivity (Wildman–Crippen MR) is 72.7 cm³/mol. The minimum absolute atomic E-state index is 0.186. The van der Waals surface area contributed by atoms with E-state index in [4.69, 9.17) is 9.47 Å². The highest BCUT2D eigenvalue weighted by Gasteiger charge is 2.18. The second-order valence-electron chi connectivity index (χ2n) is 4.01. The lowest BCUT2D eigenvalue weighted by Gasteiger charge is -2.16. The SMILES string of the molecule is CCc1ccc(OCC(NC)C(=O)OC)c(OC)c1. The van der Waals surface area contributed by atoms with E-state index in [0.29, 0.717) is 11.5 Å². The number of benzene rings is 1. The van der Waals surface area contributed by atoms with Crippen molar-refractivity contribution >= 4 is 5.97 Å². The second-order valence-corrected chi connectivity index (χ2v) is 4.01. The van der Waals surface area contributed by atoms with E-state index >= 15 is 0 Å². The maximum atomic E-state index is 11.4. The Balaban J connectivity index is 2.73. The number of hydrogen-bond acceptors (Lipinski definition) is 5. The van der Waals surface area contributed by atoms with E-state index in [0.717, 1.165) is 6.42 Å². The summed E-state index contributed by atoms with van der Waals surface area (Å²) in [5.74, 6) is 0.926. The van der Waals surface area contributed by atoms with Crippen LogP contribution in [0.4, 0.5) is 0 Å². The van der Waals surface area contributed by atoms with Crippen LogP contribution in [0.25, 0.3) is 0 Å². The molecule has 1 aromatic carbocycles. The van der Waals surface area contributed by atoms with E-state index in [9.17, 15) is 4.79 Å². The zero-order valence-electron chi connectivity index (χ0n) is 11.9. The molecule has 0 saturated carbocycles. The second kappa shape index (κ2) is 7.63. The van der Waals surface area contributed by atoms with Crippen LogP contribution in [0.3, 0.4) is 0 Å². The lowest BCUT2D eigenvalue weighted by molar-refractivity contribution is -0.143. The van der Waals surface area contributed by atoms with Crippen LogP contribution in [0.5, 0.6) is 11.5 Å². The van der Waals surface area contributed by atoms with Crippen molar-refractivity contribution in [3.63, 3.8) is 0 Å². The molecule has 19 heavy (non-hydrogen) atoms. The molecule has 1 atom stereocenters. The number of aryl methyl sites for hydroxylation is 1. The zero-order chi connectivity index (χ0) is 14.3. The van der Waals surface area contributed by atoms with Gasteiger partial charge in [-0.15, -0.1) is 0 Å². The summed E-state index contributed by atoms with van der Waals surface area (Å²) >= 11 is 0.